The lowest BCUT2D eigenvalue weighted by Crippen LogP contribution is -2.50. The first-order valence-corrected chi connectivity index (χ1v) is 10.6. The average molecular weight is 393 g/mol. The summed E-state index contributed by atoms with van der Waals surface area (Å²) >= 11 is 0. The first-order valence-electron chi connectivity index (χ1n) is 9.11. The highest BCUT2D eigenvalue weighted by Gasteiger charge is 2.34. The van der Waals surface area contributed by atoms with E-state index in [4.69, 9.17) is 0 Å². The molecule has 0 atom stereocenters. The predicted molar refractivity (Wildman–Crippen MR) is 99.6 cm³/mol. The second kappa shape index (κ2) is 8.18. The first-order chi connectivity index (χ1) is 12.9. The van der Waals surface area contributed by atoms with Crippen LogP contribution in [0.25, 0.3) is 0 Å². The van der Waals surface area contributed by atoms with E-state index in [0.717, 1.165) is 25.7 Å². The van der Waals surface area contributed by atoms with Gasteiger partial charge in [-0.2, -0.15) is 4.31 Å². The van der Waals surface area contributed by atoms with Crippen LogP contribution in [0.3, 0.4) is 0 Å². The van der Waals surface area contributed by atoms with Crippen molar-refractivity contribution in [3.05, 3.63) is 46.0 Å². The van der Waals surface area contributed by atoms with Crippen molar-refractivity contribution >= 4 is 21.6 Å². The Labute approximate surface area is 158 Å². The van der Waals surface area contributed by atoms with Crippen molar-refractivity contribution in [2.45, 2.75) is 37.0 Å². The van der Waals surface area contributed by atoms with Crippen molar-refractivity contribution in [1.29, 1.82) is 0 Å². The van der Waals surface area contributed by atoms with E-state index in [2.05, 4.69) is 0 Å². The monoisotopic (exact) mass is 393 g/mol. The Morgan fingerprint density at radius 1 is 1.04 bits per heavy atom. The van der Waals surface area contributed by atoms with Crippen LogP contribution in [0.4, 0.5) is 5.69 Å². The number of sulfonamides is 1. The summed E-state index contributed by atoms with van der Waals surface area (Å²) in [5, 5.41) is 11.1. The molecule has 1 saturated carbocycles. The van der Waals surface area contributed by atoms with Gasteiger partial charge < -0.3 is 4.90 Å². The van der Waals surface area contributed by atoms with Crippen LogP contribution >= 0.6 is 0 Å². The minimum Gasteiger partial charge on any atom is -0.337 e. The molecule has 1 heterocycles. The van der Waals surface area contributed by atoms with Gasteiger partial charge in [-0.05, 0) is 31.7 Å². The Balaban J connectivity index is 1.68. The molecule has 9 heteroatoms. The molecule has 0 spiro atoms. The van der Waals surface area contributed by atoms with Gasteiger partial charge in [-0.1, -0.05) is 24.1 Å². The number of carbonyl (C=O) groups excluding carboxylic acids is 1. The van der Waals surface area contributed by atoms with E-state index < -0.39 is 20.6 Å². The van der Waals surface area contributed by atoms with E-state index in [9.17, 15) is 23.3 Å². The molecule has 0 radical (unpaired) electrons. The van der Waals surface area contributed by atoms with Gasteiger partial charge in [0.2, 0.25) is 15.9 Å². The number of nitro groups is 1. The minimum atomic E-state index is -3.98. The van der Waals surface area contributed by atoms with E-state index >= 15 is 0 Å². The Hall–Kier alpha value is -2.26. The zero-order valence-electron chi connectivity index (χ0n) is 15.0. The molecule has 1 aliphatic carbocycles. The van der Waals surface area contributed by atoms with Crippen LogP contribution in [0.2, 0.25) is 0 Å². The molecule has 3 rings (SSSR count). The maximum absolute atomic E-state index is 12.8. The van der Waals surface area contributed by atoms with Gasteiger partial charge in [0.15, 0.2) is 4.90 Å². The highest BCUT2D eigenvalue weighted by molar-refractivity contribution is 7.89. The van der Waals surface area contributed by atoms with E-state index in [1.54, 1.807) is 11.0 Å². The number of rotatable bonds is 4. The maximum atomic E-state index is 12.8. The summed E-state index contributed by atoms with van der Waals surface area (Å²) in [6.45, 7) is 0.817. The van der Waals surface area contributed by atoms with Gasteiger partial charge in [-0.15, -0.1) is 0 Å². The van der Waals surface area contributed by atoms with Gasteiger partial charge in [0, 0.05) is 38.3 Å². The fourth-order valence-electron chi connectivity index (χ4n) is 3.53. The standard InChI is InChI=1S/C18H23N3O5S/c22-18(14-15-6-2-1-3-7-15)19-10-12-20(13-11-19)27(25,26)17-9-5-4-8-16(17)21(23)24/h4-5,8-9,14H,1-3,6-7,10-13H2. The largest absolute Gasteiger partial charge is 0.337 e. The Bertz CT molecular complexity index is 850. The summed E-state index contributed by atoms with van der Waals surface area (Å²) < 4.78 is 26.8. The van der Waals surface area contributed by atoms with Crippen molar-refractivity contribution in [3.8, 4) is 0 Å². The van der Waals surface area contributed by atoms with Crippen molar-refractivity contribution in [2.24, 2.45) is 0 Å². The zero-order valence-corrected chi connectivity index (χ0v) is 15.9. The number of hydrogen-bond donors (Lipinski definition) is 0. The van der Waals surface area contributed by atoms with Crippen LogP contribution in [-0.2, 0) is 14.8 Å². The van der Waals surface area contributed by atoms with Crippen molar-refractivity contribution in [2.75, 3.05) is 26.2 Å². The van der Waals surface area contributed by atoms with Crippen LogP contribution in [-0.4, -0.2) is 54.6 Å². The first kappa shape index (κ1) is 19.5. The summed E-state index contributed by atoms with van der Waals surface area (Å²) in [6, 6.07) is 5.34. The number of piperazine rings is 1. The lowest BCUT2D eigenvalue weighted by Gasteiger charge is -2.33. The number of carbonyl (C=O) groups is 1. The van der Waals surface area contributed by atoms with Crippen molar-refractivity contribution in [1.82, 2.24) is 9.21 Å². The minimum absolute atomic E-state index is 0.0744. The van der Waals surface area contributed by atoms with Crippen LogP contribution in [0.1, 0.15) is 32.1 Å². The molecule has 27 heavy (non-hydrogen) atoms. The van der Waals surface area contributed by atoms with E-state index in [1.165, 1.54) is 40.6 Å². The lowest BCUT2D eigenvalue weighted by atomic mass is 9.94. The second-order valence-electron chi connectivity index (χ2n) is 6.82. The van der Waals surface area contributed by atoms with Crippen LogP contribution < -0.4 is 0 Å². The maximum Gasteiger partial charge on any atom is 0.289 e. The van der Waals surface area contributed by atoms with Gasteiger partial charge in [0.1, 0.15) is 0 Å². The smallest absolute Gasteiger partial charge is 0.289 e. The zero-order chi connectivity index (χ0) is 19.4. The SMILES string of the molecule is O=C(C=C1CCCCC1)N1CCN(S(=O)(=O)c2ccccc2[N+](=O)[O-])CC1. The van der Waals surface area contributed by atoms with Crippen molar-refractivity contribution in [3.63, 3.8) is 0 Å². The quantitative estimate of drug-likeness (QED) is 0.444. The molecule has 1 saturated heterocycles. The third-order valence-electron chi connectivity index (χ3n) is 5.05. The Morgan fingerprint density at radius 3 is 2.30 bits per heavy atom. The Morgan fingerprint density at radius 2 is 1.67 bits per heavy atom. The van der Waals surface area contributed by atoms with E-state index in [-0.39, 0.29) is 37.0 Å². The van der Waals surface area contributed by atoms with Gasteiger partial charge in [-0.25, -0.2) is 8.42 Å². The number of nitrogens with zero attached hydrogens (tertiary/aromatic N) is 3. The van der Waals surface area contributed by atoms with Crippen molar-refractivity contribution < 1.29 is 18.1 Å². The molecule has 1 aromatic carbocycles. The molecule has 0 N–H and O–H groups in total. The van der Waals surface area contributed by atoms with Crippen LogP contribution in [0, 0.1) is 10.1 Å². The summed E-state index contributed by atoms with van der Waals surface area (Å²) in [5.74, 6) is -0.0744. The van der Waals surface area contributed by atoms with Gasteiger partial charge in [-0.3, -0.25) is 14.9 Å². The number of benzene rings is 1. The predicted octanol–water partition coefficient (Wildman–Crippen LogP) is 2.32. The van der Waals surface area contributed by atoms with Gasteiger partial charge in [0.25, 0.3) is 5.69 Å². The fourth-order valence-corrected chi connectivity index (χ4v) is 5.11. The lowest BCUT2D eigenvalue weighted by molar-refractivity contribution is -0.387. The van der Waals surface area contributed by atoms with E-state index in [1.807, 2.05) is 0 Å². The average Bonchev–Trinajstić information content (AvgIpc) is 2.69. The molecule has 8 nitrogen and oxygen atoms in total. The number of allylic oxidation sites excluding steroid dienone is 1. The van der Waals surface area contributed by atoms with Gasteiger partial charge in [0.05, 0.1) is 4.92 Å². The molecule has 1 amide bonds. The number of amides is 1. The summed E-state index contributed by atoms with van der Waals surface area (Å²) in [6.07, 6.45) is 7.04. The molecule has 2 aliphatic rings. The third-order valence-corrected chi connectivity index (χ3v) is 7.00. The summed E-state index contributed by atoms with van der Waals surface area (Å²) in [4.78, 5) is 24.2. The molecule has 0 unspecified atom stereocenters. The molecular formula is C18H23N3O5S. The molecular weight excluding hydrogens is 370 g/mol. The normalized spacial score (nSPS) is 19.0. The summed E-state index contributed by atoms with van der Waals surface area (Å²) in [5.41, 5.74) is 0.735. The van der Waals surface area contributed by atoms with Gasteiger partial charge >= 0.3 is 0 Å². The molecule has 0 bridgehead atoms. The summed E-state index contributed by atoms with van der Waals surface area (Å²) in [7, 11) is -3.98. The number of hydrogen-bond acceptors (Lipinski definition) is 5. The number of nitro benzene ring substituents is 1. The molecule has 2 fully saturated rings. The molecule has 146 valence electrons. The third kappa shape index (κ3) is 4.36. The van der Waals surface area contributed by atoms with Crippen LogP contribution in [0.15, 0.2) is 40.8 Å². The van der Waals surface area contributed by atoms with E-state index in [0.29, 0.717) is 0 Å². The highest BCUT2D eigenvalue weighted by atomic mass is 32.2. The highest BCUT2D eigenvalue weighted by Crippen LogP contribution is 2.27. The fraction of sp³-hybridized carbons (Fsp3) is 0.500. The molecule has 1 aliphatic heterocycles. The van der Waals surface area contributed by atoms with Crippen LogP contribution in [0.5, 0.6) is 0 Å². The molecule has 0 aromatic heterocycles. The Kier molecular flexibility index (Phi) is 5.91. The topological polar surface area (TPSA) is 101 Å². The second-order valence-corrected chi connectivity index (χ2v) is 8.72. The number of para-hydroxylation sites is 1. The molecule has 1 aromatic rings.